The highest BCUT2D eigenvalue weighted by Crippen LogP contribution is 2.30. The van der Waals surface area contributed by atoms with Crippen molar-refractivity contribution >= 4 is 11.8 Å². The number of amides is 2. The molecule has 0 radical (unpaired) electrons. The molecule has 1 aliphatic rings. The molecule has 1 aromatic rings. The first-order valence-corrected chi connectivity index (χ1v) is 6.54. The van der Waals surface area contributed by atoms with Gasteiger partial charge in [0.05, 0.1) is 11.6 Å². The van der Waals surface area contributed by atoms with E-state index in [-0.39, 0.29) is 12.3 Å². The van der Waals surface area contributed by atoms with E-state index in [4.69, 9.17) is 0 Å². The Morgan fingerprint density at radius 2 is 2.05 bits per heavy atom. The fourth-order valence-corrected chi connectivity index (χ4v) is 2.23. The molecule has 1 aromatic carbocycles. The average Bonchev–Trinajstić information content (AvgIpc) is 2.41. The van der Waals surface area contributed by atoms with Crippen molar-refractivity contribution in [2.24, 2.45) is 0 Å². The number of nitrogens with one attached hydrogen (secondary N) is 2. The van der Waals surface area contributed by atoms with Gasteiger partial charge in [0.25, 0.3) is 0 Å². The lowest BCUT2D eigenvalue weighted by molar-refractivity contribution is -0.138. The molecule has 1 fully saturated rings. The molecule has 1 aliphatic heterocycles. The Kier molecular flexibility index (Phi) is 4.32. The lowest BCUT2D eigenvalue weighted by Gasteiger charge is -2.26. The smallest absolute Gasteiger partial charge is 0.299 e. The summed E-state index contributed by atoms with van der Waals surface area (Å²) in [7, 11) is 0. The average molecular weight is 300 g/mol. The molecule has 2 amide bonds. The third kappa shape index (κ3) is 3.81. The number of alkyl halides is 3. The number of carbonyl (C=O) groups excluding carboxylic acids is 2. The standard InChI is InChI=1S/C14H15F3N2O2/c1-8(18-11-5-6-12(20)19-13(11)21)9-3-2-4-10(7-9)14(15,16)17/h2-4,7-8,11,18H,5-6H2,1H3,(H,19,20,21). The Labute approximate surface area is 119 Å². The van der Waals surface area contributed by atoms with E-state index in [9.17, 15) is 22.8 Å². The first-order chi connectivity index (χ1) is 9.77. The molecule has 1 saturated heterocycles. The van der Waals surface area contributed by atoms with Crippen LogP contribution in [-0.2, 0) is 15.8 Å². The Bertz CT molecular complexity index is 557. The maximum Gasteiger partial charge on any atom is 0.416 e. The van der Waals surface area contributed by atoms with E-state index in [1.54, 1.807) is 13.0 Å². The van der Waals surface area contributed by atoms with Crippen LogP contribution in [0.2, 0.25) is 0 Å². The third-order valence-corrected chi connectivity index (χ3v) is 3.40. The van der Waals surface area contributed by atoms with Crippen molar-refractivity contribution in [3.05, 3.63) is 35.4 Å². The zero-order valence-corrected chi connectivity index (χ0v) is 11.3. The molecule has 0 saturated carbocycles. The normalized spacial score (nSPS) is 21.0. The minimum absolute atomic E-state index is 0.221. The van der Waals surface area contributed by atoms with Crippen LogP contribution < -0.4 is 10.6 Å². The molecular weight excluding hydrogens is 285 g/mol. The SMILES string of the molecule is CC(NC1CCC(=O)NC1=O)c1cccc(C(F)(F)F)c1. The Morgan fingerprint density at radius 3 is 2.67 bits per heavy atom. The van der Waals surface area contributed by atoms with Gasteiger partial charge in [-0.2, -0.15) is 13.2 Å². The number of rotatable bonds is 3. The van der Waals surface area contributed by atoms with Gasteiger partial charge < -0.3 is 0 Å². The minimum atomic E-state index is -4.40. The summed E-state index contributed by atoms with van der Waals surface area (Å²) < 4.78 is 38.0. The van der Waals surface area contributed by atoms with Crippen LogP contribution in [0.15, 0.2) is 24.3 Å². The first kappa shape index (κ1) is 15.5. The molecule has 1 heterocycles. The van der Waals surface area contributed by atoms with Crippen molar-refractivity contribution in [2.75, 3.05) is 0 Å². The Hall–Kier alpha value is -1.89. The van der Waals surface area contributed by atoms with Gasteiger partial charge in [0.1, 0.15) is 0 Å². The highest BCUT2D eigenvalue weighted by molar-refractivity contribution is 6.00. The number of halogens is 3. The second kappa shape index (κ2) is 5.85. The molecule has 114 valence electrons. The topological polar surface area (TPSA) is 58.2 Å². The van der Waals surface area contributed by atoms with E-state index >= 15 is 0 Å². The maximum atomic E-state index is 12.7. The summed E-state index contributed by atoms with van der Waals surface area (Å²) in [5, 5.41) is 5.15. The number of carbonyl (C=O) groups is 2. The molecule has 2 N–H and O–H groups in total. The largest absolute Gasteiger partial charge is 0.416 e. The molecular formula is C14H15F3N2O2. The van der Waals surface area contributed by atoms with Crippen molar-refractivity contribution in [3.63, 3.8) is 0 Å². The second-order valence-electron chi connectivity index (χ2n) is 5.02. The van der Waals surface area contributed by atoms with Gasteiger partial charge >= 0.3 is 6.18 Å². The summed E-state index contributed by atoms with van der Waals surface area (Å²) in [6.07, 6.45) is -3.84. The van der Waals surface area contributed by atoms with Crippen molar-refractivity contribution < 1.29 is 22.8 Å². The van der Waals surface area contributed by atoms with Crippen molar-refractivity contribution in [1.82, 2.24) is 10.6 Å². The number of hydrogen-bond acceptors (Lipinski definition) is 3. The molecule has 0 aliphatic carbocycles. The summed E-state index contributed by atoms with van der Waals surface area (Å²) in [6.45, 7) is 1.68. The third-order valence-electron chi connectivity index (χ3n) is 3.40. The number of benzene rings is 1. The molecule has 2 rings (SSSR count). The van der Waals surface area contributed by atoms with Crippen LogP contribution in [0.1, 0.15) is 36.9 Å². The fourth-order valence-electron chi connectivity index (χ4n) is 2.23. The highest BCUT2D eigenvalue weighted by Gasteiger charge is 2.31. The predicted octanol–water partition coefficient (Wildman–Crippen LogP) is 2.16. The highest BCUT2D eigenvalue weighted by atomic mass is 19.4. The van der Waals surface area contributed by atoms with E-state index in [2.05, 4.69) is 10.6 Å². The summed E-state index contributed by atoms with van der Waals surface area (Å²) >= 11 is 0. The van der Waals surface area contributed by atoms with Crippen molar-refractivity contribution in [2.45, 2.75) is 38.0 Å². The zero-order valence-electron chi connectivity index (χ0n) is 11.3. The van der Waals surface area contributed by atoms with Crippen molar-refractivity contribution in [1.29, 1.82) is 0 Å². The zero-order chi connectivity index (χ0) is 15.6. The number of piperidine rings is 1. The number of imide groups is 1. The van der Waals surface area contributed by atoms with Crippen LogP contribution in [0, 0.1) is 0 Å². The summed E-state index contributed by atoms with van der Waals surface area (Å²) in [5.41, 5.74) is -0.286. The van der Waals surface area contributed by atoms with Crippen LogP contribution in [0.5, 0.6) is 0 Å². The van der Waals surface area contributed by atoms with E-state index in [1.807, 2.05) is 0 Å². The minimum Gasteiger partial charge on any atom is -0.299 e. The van der Waals surface area contributed by atoms with Gasteiger partial charge in [-0.05, 0) is 31.0 Å². The molecule has 2 atom stereocenters. The lowest BCUT2D eigenvalue weighted by Crippen LogP contribution is -2.51. The molecule has 0 aromatic heterocycles. The molecule has 0 spiro atoms. The van der Waals surface area contributed by atoms with Gasteiger partial charge in [-0.1, -0.05) is 12.1 Å². The Morgan fingerprint density at radius 1 is 1.33 bits per heavy atom. The lowest BCUT2D eigenvalue weighted by atomic mass is 10.0. The fraction of sp³-hybridized carbons (Fsp3) is 0.429. The summed E-state index contributed by atoms with van der Waals surface area (Å²) in [6, 6.07) is 3.95. The van der Waals surface area contributed by atoms with Gasteiger partial charge in [-0.3, -0.25) is 20.2 Å². The van der Waals surface area contributed by atoms with Crippen LogP contribution in [0.25, 0.3) is 0 Å². The van der Waals surface area contributed by atoms with E-state index in [1.165, 1.54) is 6.07 Å². The molecule has 4 nitrogen and oxygen atoms in total. The van der Waals surface area contributed by atoms with E-state index < -0.39 is 29.7 Å². The van der Waals surface area contributed by atoms with E-state index in [0.717, 1.165) is 12.1 Å². The predicted molar refractivity (Wildman–Crippen MR) is 69.2 cm³/mol. The molecule has 0 bridgehead atoms. The van der Waals surface area contributed by atoms with Gasteiger partial charge in [-0.25, -0.2) is 0 Å². The van der Waals surface area contributed by atoms with Gasteiger partial charge in [0, 0.05) is 12.5 Å². The van der Waals surface area contributed by atoms with E-state index in [0.29, 0.717) is 12.0 Å². The van der Waals surface area contributed by atoms with Gasteiger partial charge in [-0.15, -0.1) is 0 Å². The Balaban J connectivity index is 2.08. The van der Waals surface area contributed by atoms with Crippen LogP contribution in [-0.4, -0.2) is 17.9 Å². The van der Waals surface area contributed by atoms with Crippen LogP contribution >= 0.6 is 0 Å². The molecule has 21 heavy (non-hydrogen) atoms. The molecule has 2 unspecified atom stereocenters. The van der Waals surface area contributed by atoms with Gasteiger partial charge in [0.15, 0.2) is 0 Å². The second-order valence-corrected chi connectivity index (χ2v) is 5.02. The van der Waals surface area contributed by atoms with Gasteiger partial charge in [0.2, 0.25) is 11.8 Å². The maximum absolute atomic E-state index is 12.7. The number of hydrogen-bond donors (Lipinski definition) is 2. The summed E-state index contributed by atoms with van der Waals surface area (Å²) in [5.74, 6) is -0.769. The molecule has 7 heteroatoms. The van der Waals surface area contributed by atoms with Crippen LogP contribution in [0.4, 0.5) is 13.2 Å². The summed E-state index contributed by atoms with van der Waals surface area (Å²) in [4.78, 5) is 22.7. The van der Waals surface area contributed by atoms with Crippen molar-refractivity contribution in [3.8, 4) is 0 Å². The monoisotopic (exact) mass is 300 g/mol. The first-order valence-electron chi connectivity index (χ1n) is 6.54. The van der Waals surface area contributed by atoms with Crippen LogP contribution in [0.3, 0.4) is 0 Å². The quantitative estimate of drug-likeness (QED) is 0.841.